The van der Waals surface area contributed by atoms with E-state index in [0.717, 1.165) is 27.6 Å². The summed E-state index contributed by atoms with van der Waals surface area (Å²) in [6.07, 6.45) is 1.74. The van der Waals surface area contributed by atoms with Gasteiger partial charge in [0.1, 0.15) is 0 Å². The first-order chi connectivity index (χ1) is 13.7. The van der Waals surface area contributed by atoms with Crippen LogP contribution in [0.25, 0.3) is 21.9 Å². The second-order valence-electron chi connectivity index (χ2n) is 6.43. The van der Waals surface area contributed by atoms with Crippen LogP contribution in [0.5, 0.6) is 0 Å². The maximum Gasteiger partial charge on any atom is 0.255 e. The monoisotopic (exact) mass is 368 g/mol. The Balaban J connectivity index is 1.38. The third-order valence-electron chi connectivity index (χ3n) is 4.48. The van der Waals surface area contributed by atoms with Gasteiger partial charge < -0.3 is 15.6 Å². The van der Waals surface area contributed by atoms with E-state index in [9.17, 15) is 4.79 Å². The molecule has 4 N–H and O–H groups in total. The van der Waals surface area contributed by atoms with E-state index in [-0.39, 0.29) is 5.91 Å². The number of imidazole rings is 1. The molecule has 0 bridgehead atoms. The first kappa shape index (κ1) is 16.1. The van der Waals surface area contributed by atoms with E-state index in [1.807, 2.05) is 54.6 Å². The Bertz CT molecular complexity index is 1290. The lowest BCUT2D eigenvalue weighted by atomic mass is 10.1. The molecule has 7 heteroatoms. The molecule has 1 amide bonds. The van der Waals surface area contributed by atoms with E-state index in [1.54, 1.807) is 18.3 Å². The lowest BCUT2D eigenvalue weighted by molar-refractivity contribution is 0.102. The molecule has 3 aromatic carbocycles. The molecular formula is C21H16N6O. The maximum atomic E-state index is 12.6. The highest BCUT2D eigenvalue weighted by Gasteiger charge is 2.10. The number of amides is 1. The number of hydrogen-bond donors (Lipinski definition) is 4. The SMILES string of the molecule is O=C(Nc1ccc2cn[nH]c2c1)c1ccc2nc(Nc3ccccc3)[nH]c2c1. The quantitative estimate of drug-likeness (QED) is 0.377. The Morgan fingerprint density at radius 3 is 2.68 bits per heavy atom. The average molecular weight is 368 g/mol. The molecule has 0 fully saturated rings. The van der Waals surface area contributed by atoms with Crippen molar-refractivity contribution in [3.05, 3.63) is 78.5 Å². The van der Waals surface area contributed by atoms with Gasteiger partial charge in [0.25, 0.3) is 5.91 Å². The largest absolute Gasteiger partial charge is 0.326 e. The molecule has 0 aliphatic carbocycles. The van der Waals surface area contributed by atoms with Crippen molar-refractivity contribution in [2.24, 2.45) is 0 Å². The third-order valence-corrected chi connectivity index (χ3v) is 4.48. The number of benzene rings is 3. The van der Waals surface area contributed by atoms with Gasteiger partial charge in [-0.3, -0.25) is 9.89 Å². The van der Waals surface area contributed by atoms with Crippen molar-refractivity contribution in [2.75, 3.05) is 10.6 Å². The first-order valence-corrected chi connectivity index (χ1v) is 8.81. The number of fused-ring (bicyclic) bond motifs is 2. The number of nitrogens with one attached hydrogen (secondary N) is 4. The number of para-hydroxylation sites is 1. The second kappa shape index (κ2) is 6.55. The van der Waals surface area contributed by atoms with Crippen molar-refractivity contribution in [1.29, 1.82) is 0 Å². The zero-order valence-electron chi connectivity index (χ0n) is 14.7. The van der Waals surface area contributed by atoms with Crippen LogP contribution in [-0.2, 0) is 0 Å². The van der Waals surface area contributed by atoms with Gasteiger partial charge in [-0.1, -0.05) is 18.2 Å². The molecule has 0 saturated carbocycles. The molecule has 0 spiro atoms. The highest BCUT2D eigenvalue weighted by Crippen LogP contribution is 2.21. The summed E-state index contributed by atoms with van der Waals surface area (Å²) < 4.78 is 0. The summed E-state index contributed by atoms with van der Waals surface area (Å²) in [5.74, 6) is 0.441. The van der Waals surface area contributed by atoms with Gasteiger partial charge >= 0.3 is 0 Å². The topological polar surface area (TPSA) is 98.5 Å². The van der Waals surface area contributed by atoms with Crippen LogP contribution in [0.4, 0.5) is 17.3 Å². The molecule has 0 atom stereocenters. The maximum absolute atomic E-state index is 12.6. The fraction of sp³-hybridized carbons (Fsp3) is 0. The average Bonchev–Trinajstić information content (AvgIpc) is 3.33. The number of carbonyl (C=O) groups excluding carboxylic acids is 1. The predicted octanol–water partition coefficient (Wildman–Crippen LogP) is 4.44. The smallest absolute Gasteiger partial charge is 0.255 e. The molecule has 2 heterocycles. The van der Waals surface area contributed by atoms with Crippen LogP contribution in [0, 0.1) is 0 Å². The van der Waals surface area contributed by atoms with Gasteiger partial charge in [0.15, 0.2) is 0 Å². The van der Waals surface area contributed by atoms with Crippen LogP contribution in [-0.4, -0.2) is 26.1 Å². The minimum Gasteiger partial charge on any atom is -0.326 e. The summed E-state index contributed by atoms with van der Waals surface area (Å²) in [4.78, 5) is 20.4. The van der Waals surface area contributed by atoms with Gasteiger partial charge in [0.2, 0.25) is 5.95 Å². The number of aromatic amines is 2. The van der Waals surface area contributed by atoms with Crippen LogP contribution >= 0.6 is 0 Å². The van der Waals surface area contributed by atoms with Gasteiger partial charge in [-0.2, -0.15) is 5.10 Å². The van der Waals surface area contributed by atoms with Gasteiger partial charge in [-0.15, -0.1) is 0 Å². The highest BCUT2D eigenvalue weighted by molar-refractivity contribution is 6.06. The summed E-state index contributed by atoms with van der Waals surface area (Å²) in [5, 5.41) is 14.0. The lowest BCUT2D eigenvalue weighted by Gasteiger charge is -2.05. The number of H-pyrrole nitrogens is 2. The molecule has 0 aliphatic rings. The van der Waals surface area contributed by atoms with Crippen LogP contribution in [0.3, 0.4) is 0 Å². The van der Waals surface area contributed by atoms with Crippen molar-refractivity contribution in [3.8, 4) is 0 Å². The van der Waals surface area contributed by atoms with Gasteiger partial charge in [0, 0.05) is 22.3 Å². The molecule has 0 saturated heterocycles. The Kier molecular flexibility index (Phi) is 3.76. The Morgan fingerprint density at radius 2 is 1.79 bits per heavy atom. The molecule has 136 valence electrons. The number of rotatable bonds is 4. The van der Waals surface area contributed by atoms with E-state index in [4.69, 9.17) is 0 Å². The van der Waals surface area contributed by atoms with E-state index in [0.29, 0.717) is 17.2 Å². The van der Waals surface area contributed by atoms with Crippen LogP contribution in [0.2, 0.25) is 0 Å². The van der Waals surface area contributed by atoms with Gasteiger partial charge in [-0.25, -0.2) is 4.98 Å². The van der Waals surface area contributed by atoms with E-state index in [2.05, 4.69) is 30.8 Å². The number of nitrogens with zero attached hydrogens (tertiary/aromatic N) is 2. The molecule has 5 aromatic rings. The second-order valence-corrected chi connectivity index (χ2v) is 6.43. The van der Waals surface area contributed by atoms with Gasteiger partial charge in [0.05, 0.1) is 22.7 Å². The molecule has 0 radical (unpaired) electrons. The summed E-state index contributed by atoms with van der Waals surface area (Å²) >= 11 is 0. The Hall–Kier alpha value is -4.13. The van der Waals surface area contributed by atoms with E-state index >= 15 is 0 Å². The normalized spacial score (nSPS) is 11.0. The summed E-state index contributed by atoms with van der Waals surface area (Å²) in [6, 6.07) is 20.8. The van der Waals surface area contributed by atoms with Crippen LogP contribution < -0.4 is 10.6 Å². The van der Waals surface area contributed by atoms with Crippen molar-refractivity contribution in [2.45, 2.75) is 0 Å². The number of carbonyl (C=O) groups is 1. The molecular weight excluding hydrogens is 352 g/mol. The van der Waals surface area contributed by atoms with E-state index < -0.39 is 0 Å². The molecule has 2 aromatic heterocycles. The standard InChI is InChI=1S/C21H16N6O/c28-20(23-16-8-6-14-12-22-27-18(14)11-16)13-7-9-17-19(10-13)26-21(25-17)24-15-4-2-1-3-5-15/h1-12H,(H,22,27)(H,23,28)(H2,24,25,26). The predicted molar refractivity (Wildman–Crippen MR) is 110 cm³/mol. The zero-order chi connectivity index (χ0) is 18.9. The third kappa shape index (κ3) is 3.05. The fourth-order valence-electron chi connectivity index (χ4n) is 3.09. The minimum absolute atomic E-state index is 0.187. The van der Waals surface area contributed by atoms with E-state index in [1.165, 1.54) is 0 Å². The Morgan fingerprint density at radius 1 is 0.893 bits per heavy atom. The van der Waals surface area contributed by atoms with Crippen molar-refractivity contribution < 1.29 is 4.79 Å². The van der Waals surface area contributed by atoms with Crippen LogP contribution in [0.15, 0.2) is 72.9 Å². The van der Waals surface area contributed by atoms with Crippen LogP contribution in [0.1, 0.15) is 10.4 Å². The summed E-state index contributed by atoms with van der Waals surface area (Å²) in [6.45, 7) is 0. The van der Waals surface area contributed by atoms with Gasteiger partial charge in [-0.05, 0) is 48.5 Å². The highest BCUT2D eigenvalue weighted by atomic mass is 16.1. The molecule has 5 rings (SSSR count). The molecule has 7 nitrogen and oxygen atoms in total. The summed E-state index contributed by atoms with van der Waals surface area (Å²) in [5.41, 5.74) is 4.64. The van der Waals surface area contributed by atoms with Crippen molar-refractivity contribution in [3.63, 3.8) is 0 Å². The fourth-order valence-corrected chi connectivity index (χ4v) is 3.09. The molecule has 0 unspecified atom stereocenters. The Labute approximate surface area is 159 Å². The number of anilines is 3. The zero-order valence-corrected chi connectivity index (χ0v) is 14.7. The minimum atomic E-state index is -0.187. The molecule has 28 heavy (non-hydrogen) atoms. The summed E-state index contributed by atoms with van der Waals surface area (Å²) in [7, 11) is 0. The first-order valence-electron chi connectivity index (χ1n) is 8.81. The lowest BCUT2D eigenvalue weighted by Crippen LogP contribution is -2.11. The van der Waals surface area contributed by atoms with Crippen molar-refractivity contribution in [1.82, 2.24) is 20.2 Å². The van der Waals surface area contributed by atoms with Crippen molar-refractivity contribution >= 4 is 45.2 Å². The number of aromatic nitrogens is 4. The number of hydrogen-bond acceptors (Lipinski definition) is 4. The molecule has 0 aliphatic heterocycles.